The Kier molecular flexibility index (Phi) is 3.64. The fourth-order valence-corrected chi connectivity index (χ4v) is 2.05. The number of aliphatic hydroxyl groups is 1. The van der Waals surface area contributed by atoms with Crippen molar-refractivity contribution in [3.63, 3.8) is 0 Å². The van der Waals surface area contributed by atoms with E-state index in [2.05, 4.69) is 21.0 Å². The molecule has 0 fully saturated rings. The molecule has 2 aromatic heterocycles. The molecule has 0 amide bonds. The Hall–Kier alpha value is -1.55. The van der Waals surface area contributed by atoms with E-state index < -0.39 is 6.10 Å². The maximum Gasteiger partial charge on any atom is 0.0948 e. The van der Waals surface area contributed by atoms with Gasteiger partial charge >= 0.3 is 0 Å². The summed E-state index contributed by atoms with van der Waals surface area (Å²) in [6.07, 6.45) is 6.41. The number of aryl methyl sites for hydroxylation is 1. The van der Waals surface area contributed by atoms with Crippen LogP contribution in [-0.2, 0) is 13.1 Å². The van der Waals surface area contributed by atoms with Crippen molar-refractivity contribution in [2.45, 2.75) is 39.5 Å². The van der Waals surface area contributed by atoms with Crippen molar-refractivity contribution in [3.8, 4) is 0 Å². The third-order valence-electron chi connectivity index (χ3n) is 2.89. The minimum Gasteiger partial charge on any atom is -0.387 e. The Morgan fingerprint density at radius 1 is 1.41 bits per heavy atom. The van der Waals surface area contributed by atoms with Crippen molar-refractivity contribution >= 4 is 0 Å². The highest BCUT2D eigenvalue weighted by Gasteiger charge is 2.09. The van der Waals surface area contributed by atoms with Gasteiger partial charge in [-0.05, 0) is 25.5 Å². The summed E-state index contributed by atoms with van der Waals surface area (Å²) in [6.45, 7) is 5.68. The molecule has 2 rings (SSSR count). The Labute approximate surface area is 102 Å². The second kappa shape index (κ2) is 5.19. The summed E-state index contributed by atoms with van der Waals surface area (Å²) in [5.41, 5.74) is 2.11. The zero-order chi connectivity index (χ0) is 12.3. The van der Waals surface area contributed by atoms with Crippen LogP contribution in [-0.4, -0.2) is 19.2 Å². The van der Waals surface area contributed by atoms with E-state index in [1.807, 2.05) is 30.9 Å². The summed E-state index contributed by atoms with van der Waals surface area (Å²) < 4.78 is 4.22. The number of rotatable bonds is 5. The van der Waals surface area contributed by atoms with Crippen LogP contribution in [0.5, 0.6) is 0 Å². The number of hydrogen-bond acceptors (Lipinski definition) is 2. The molecule has 0 spiro atoms. The molecule has 4 nitrogen and oxygen atoms in total. The number of nitrogens with zero attached hydrogens (tertiary/aromatic N) is 3. The minimum atomic E-state index is -0.437. The summed E-state index contributed by atoms with van der Waals surface area (Å²) in [6, 6.07) is 3.91. The lowest BCUT2D eigenvalue weighted by molar-refractivity contribution is 0.189. The van der Waals surface area contributed by atoms with Crippen LogP contribution in [0.2, 0.25) is 0 Å². The van der Waals surface area contributed by atoms with E-state index in [0.29, 0.717) is 0 Å². The zero-order valence-corrected chi connectivity index (χ0v) is 10.4. The van der Waals surface area contributed by atoms with Gasteiger partial charge in [0.2, 0.25) is 0 Å². The molecule has 0 saturated heterocycles. The predicted molar refractivity (Wildman–Crippen MR) is 66.7 cm³/mol. The molecule has 0 aliphatic heterocycles. The smallest absolute Gasteiger partial charge is 0.0948 e. The van der Waals surface area contributed by atoms with Crippen LogP contribution in [0.4, 0.5) is 0 Å². The van der Waals surface area contributed by atoms with E-state index in [0.717, 1.165) is 25.2 Å². The van der Waals surface area contributed by atoms with Crippen molar-refractivity contribution in [2.75, 3.05) is 0 Å². The highest BCUT2D eigenvalue weighted by Crippen LogP contribution is 2.15. The van der Waals surface area contributed by atoms with E-state index >= 15 is 0 Å². The van der Waals surface area contributed by atoms with E-state index in [9.17, 15) is 5.11 Å². The molecule has 1 atom stereocenters. The van der Waals surface area contributed by atoms with Gasteiger partial charge in [-0.1, -0.05) is 6.92 Å². The molecule has 1 unspecified atom stereocenters. The van der Waals surface area contributed by atoms with Gasteiger partial charge in [0.15, 0.2) is 0 Å². The first-order valence-corrected chi connectivity index (χ1v) is 6.04. The fourth-order valence-electron chi connectivity index (χ4n) is 2.05. The minimum absolute atomic E-state index is 0.437. The van der Waals surface area contributed by atoms with E-state index in [4.69, 9.17) is 0 Å². The largest absolute Gasteiger partial charge is 0.387 e. The van der Waals surface area contributed by atoms with E-state index in [1.165, 1.54) is 5.69 Å². The van der Waals surface area contributed by atoms with Gasteiger partial charge in [0.1, 0.15) is 0 Å². The summed E-state index contributed by atoms with van der Waals surface area (Å²) in [4.78, 5) is 4.18. The van der Waals surface area contributed by atoms with Crippen LogP contribution in [0.1, 0.15) is 37.8 Å². The summed E-state index contributed by atoms with van der Waals surface area (Å²) in [5.74, 6) is 0. The van der Waals surface area contributed by atoms with E-state index in [-0.39, 0.29) is 0 Å². The zero-order valence-electron chi connectivity index (χ0n) is 10.4. The molecule has 0 aromatic carbocycles. The van der Waals surface area contributed by atoms with Gasteiger partial charge in [0, 0.05) is 24.6 Å². The van der Waals surface area contributed by atoms with Crippen LogP contribution in [0.25, 0.3) is 0 Å². The highest BCUT2D eigenvalue weighted by atomic mass is 16.3. The first-order chi connectivity index (χ1) is 8.22. The normalized spacial score (nSPS) is 12.9. The maximum absolute atomic E-state index is 9.65. The predicted octanol–water partition coefficient (Wildman–Crippen LogP) is 2.20. The lowest BCUT2D eigenvalue weighted by Gasteiger charge is -2.12. The van der Waals surface area contributed by atoms with Crippen LogP contribution in [0.3, 0.4) is 0 Å². The molecule has 4 heteroatoms. The van der Waals surface area contributed by atoms with Crippen LogP contribution < -0.4 is 0 Å². The van der Waals surface area contributed by atoms with Crippen molar-refractivity contribution < 1.29 is 5.11 Å². The molecular formula is C13H19N3O. The van der Waals surface area contributed by atoms with Crippen LogP contribution >= 0.6 is 0 Å². The van der Waals surface area contributed by atoms with Gasteiger partial charge in [-0.3, -0.25) is 0 Å². The van der Waals surface area contributed by atoms with Crippen molar-refractivity contribution in [2.24, 2.45) is 0 Å². The molecule has 0 saturated carbocycles. The molecule has 17 heavy (non-hydrogen) atoms. The Morgan fingerprint density at radius 3 is 2.94 bits per heavy atom. The van der Waals surface area contributed by atoms with Crippen LogP contribution in [0.15, 0.2) is 30.9 Å². The Balaban J connectivity index is 2.19. The third-order valence-corrected chi connectivity index (χ3v) is 2.89. The molecule has 92 valence electrons. The van der Waals surface area contributed by atoms with Crippen molar-refractivity contribution in [1.82, 2.24) is 14.1 Å². The molecule has 0 aliphatic rings. The van der Waals surface area contributed by atoms with Gasteiger partial charge in [0.25, 0.3) is 0 Å². The van der Waals surface area contributed by atoms with Gasteiger partial charge in [-0.2, -0.15) is 0 Å². The van der Waals surface area contributed by atoms with Gasteiger partial charge in [-0.15, -0.1) is 0 Å². The van der Waals surface area contributed by atoms with Gasteiger partial charge in [0.05, 0.1) is 24.7 Å². The Bertz CT molecular complexity index is 470. The van der Waals surface area contributed by atoms with Gasteiger partial charge in [-0.25, -0.2) is 4.98 Å². The third kappa shape index (κ3) is 2.58. The Morgan fingerprint density at radius 2 is 2.24 bits per heavy atom. The molecule has 0 radical (unpaired) electrons. The number of imidazole rings is 1. The molecule has 0 bridgehead atoms. The highest BCUT2D eigenvalue weighted by molar-refractivity contribution is 5.12. The van der Waals surface area contributed by atoms with E-state index in [1.54, 1.807) is 6.92 Å². The monoisotopic (exact) mass is 233 g/mol. The van der Waals surface area contributed by atoms with Gasteiger partial charge < -0.3 is 14.2 Å². The molecule has 2 heterocycles. The topological polar surface area (TPSA) is 43.0 Å². The average molecular weight is 233 g/mol. The molecule has 1 N–H and O–H groups in total. The number of aliphatic hydroxyl groups excluding tert-OH is 1. The first kappa shape index (κ1) is 11.9. The average Bonchev–Trinajstić information content (AvgIpc) is 2.89. The van der Waals surface area contributed by atoms with Crippen molar-refractivity contribution in [3.05, 3.63) is 42.2 Å². The maximum atomic E-state index is 9.65. The lowest BCUT2D eigenvalue weighted by atomic mass is 10.3. The number of aromatic nitrogens is 3. The SMILES string of the molecule is CCCn1cncc1Cn1cccc1C(C)O. The summed E-state index contributed by atoms with van der Waals surface area (Å²) in [7, 11) is 0. The molecule has 0 aliphatic carbocycles. The van der Waals surface area contributed by atoms with Crippen molar-refractivity contribution in [1.29, 1.82) is 0 Å². The number of hydrogen-bond donors (Lipinski definition) is 1. The summed E-state index contributed by atoms with van der Waals surface area (Å²) in [5, 5.41) is 9.65. The lowest BCUT2D eigenvalue weighted by Crippen LogP contribution is -2.10. The standard InChI is InChI=1S/C13H19N3O/c1-3-6-16-10-14-8-12(16)9-15-7-4-5-13(15)11(2)17/h4-5,7-8,10-11,17H,3,6,9H2,1-2H3. The van der Waals surface area contributed by atoms with Crippen LogP contribution in [0, 0.1) is 0 Å². The molecule has 2 aromatic rings. The first-order valence-electron chi connectivity index (χ1n) is 6.04. The summed E-state index contributed by atoms with van der Waals surface area (Å²) >= 11 is 0. The second-order valence-electron chi connectivity index (χ2n) is 4.32. The fraction of sp³-hybridized carbons (Fsp3) is 0.462. The molecular weight excluding hydrogens is 214 g/mol. The quantitative estimate of drug-likeness (QED) is 0.860. The second-order valence-corrected chi connectivity index (χ2v) is 4.32.